The number of benzene rings is 9. The Morgan fingerprint density at radius 1 is 0.228 bits per heavy atom. The van der Waals surface area contributed by atoms with Crippen LogP contribution in [0.25, 0.3) is 105 Å². The second kappa shape index (κ2) is 12.5. The van der Waals surface area contributed by atoms with E-state index >= 15 is 0 Å². The van der Waals surface area contributed by atoms with Crippen molar-refractivity contribution in [3.63, 3.8) is 0 Å². The van der Waals surface area contributed by atoms with Crippen molar-refractivity contribution in [3.8, 4) is 39.3 Å². The Hall–Kier alpha value is -7.62. The summed E-state index contributed by atoms with van der Waals surface area (Å²) in [5, 5.41) is 7.46. The minimum absolute atomic E-state index is 1.14. The molecule has 0 spiro atoms. The highest BCUT2D eigenvalue weighted by Crippen LogP contribution is 2.45. The van der Waals surface area contributed by atoms with E-state index in [4.69, 9.17) is 0 Å². The lowest BCUT2D eigenvalue weighted by atomic mass is 9.90. The van der Waals surface area contributed by atoms with Gasteiger partial charge in [-0.3, -0.25) is 0 Å². The molecule has 12 rings (SSSR count). The Morgan fingerprint density at radius 2 is 0.702 bits per heavy atom. The Morgan fingerprint density at radius 3 is 1.35 bits per heavy atom. The molecule has 0 saturated heterocycles. The van der Waals surface area contributed by atoms with Gasteiger partial charge in [-0.05, 0) is 101 Å². The van der Waals surface area contributed by atoms with Crippen molar-refractivity contribution < 1.29 is 0 Å². The molecule has 0 fully saturated rings. The molecule has 3 aromatic heterocycles. The maximum Gasteiger partial charge on any atom is 0.0547 e. The van der Waals surface area contributed by atoms with E-state index in [9.17, 15) is 0 Å². The fraction of sp³-hybridized carbons (Fsp3) is 0. The van der Waals surface area contributed by atoms with E-state index in [-0.39, 0.29) is 0 Å². The Bertz CT molecular complexity index is 3500. The van der Waals surface area contributed by atoms with Crippen LogP contribution in [0.15, 0.2) is 212 Å². The molecule has 0 saturated carbocycles. The zero-order chi connectivity index (χ0) is 37.5. The summed E-state index contributed by atoms with van der Waals surface area (Å²) in [4.78, 5) is 0. The van der Waals surface area contributed by atoms with Gasteiger partial charge in [-0.15, -0.1) is 0 Å². The number of hydrogen-bond acceptors (Lipinski definition) is 0. The van der Waals surface area contributed by atoms with E-state index in [1.165, 1.54) is 87.7 Å². The summed E-state index contributed by atoms with van der Waals surface area (Å²) in [6.07, 6.45) is 0. The maximum atomic E-state index is 2.46. The number of nitrogens with zero attached hydrogens (tertiary/aromatic N) is 3. The van der Waals surface area contributed by atoms with Crippen LogP contribution in [0.5, 0.6) is 0 Å². The number of rotatable bonds is 5. The van der Waals surface area contributed by atoms with Crippen molar-refractivity contribution in [3.05, 3.63) is 212 Å². The summed E-state index contributed by atoms with van der Waals surface area (Å²) >= 11 is 0. The van der Waals surface area contributed by atoms with Crippen LogP contribution in [0.1, 0.15) is 0 Å². The standard InChI is InChI=1S/C54H35N3/c1-4-17-36(18-5-1)44-34-47-41-24-11-14-28-49(41)56(38-21-8-3-9-22-38)53(47)35-45(44)42-26-16-30-52-54(42)43-25-12-15-29-50(43)57(52)39-31-32-51-46(33-39)40-23-10-13-27-48(40)55(51)37-19-6-2-7-20-37/h1-35H. The van der Waals surface area contributed by atoms with E-state index in [0.717, 1.165) is 17.1 Å². The van der Waals surface area contributed by atoms with E-state index < -0.39 is 0 Å². The average Bonchev–Trinajstić information content (AvgIpc) is 3.92. The molecule has 0 bridgehead atoms. The van der Waals surface area contributed by atoms with Crippen LogP contribution in [-0.4, -0.2) is 13.7 Å². The number of aromatic nitrogens is 3. The molecule has 0 radical (unpaired) electrons. The first kappa shape index (κ1) is 31.7. The molecule has 0 aliphatic heterocycles. The number of para-hydroxylation sites is 5. The van der Waals surface area contributed by atoms with Crippen LogP contribution in [0.2, 0.25) is 0 Å². The largest absolute Gasteiger partial charge is 0.309 e. The van der Waals surface area contributed by atoms with Gasteiger partial charge in [-0.25, -0.2) is 0 Å². The summed E-state index contributed by atoms with van der Waals surface area (Å²) in [7, 11) is 0. The van der Waals surface area contributed by atoms with Crippen LogP contribution in [0, 0.1) is 0 Å². The van der Waals surface area contributed by atoms with Gasteiger partial charge in [-0.2, -0.15) is 0 Å². The second-order valence-corrected chi connectivity index (χ2v) is 14.9. The van der Waals surface area contributed by atoms with Crippen LogP contribution in [0.3, 0.4) is 0 Å². The van der Waals surface area contributed by atoms with Gasteiger partial charge < -0.3 is 13.7 Å². The minimum atomic E-state index is 1.14. The first-order valence-corrected chi connectivity index (χ1v) is 19.6. The van der Waals surface area contributed by atoms with Gasteiger partial charge >= 0.3 is 0 Å². The molecular weight excluding hydrogens is 691 g/mol. The van der Waals surface area contributed by atoms with Crippen molar-refractivity contribution in [2.24, 2.45) is 0 Å². The minimum Gasteiger partial charge on any atom is -0.309 e. The van der Waals surface area contributed by atoms with E-state index in [1.54, 1.807) is 0 Å². The Balaban J connectivity index is 1.16. The molecule has 0 atom stereocenters. The summed E-state index contributed by atoms with van der Waals surface area (Å²) in [5.41, 5.74) is 15.5. The molecule has 3 heteroatoms. The van der Waals surface area contributed by atoms with Gasteiger partial charge in [-0.1, -0.05) is 133 Å². The van der Waals surface area contributed by atoms with Crippen molar-refractivity contribution >= 4 is 65.4 Å². The molecule has 9 aromatic carbocycles. The summed E-state index contributed by atoms with van der Waals surface area (Å²) in [6.45, 7) is 0. The molecule has 3 nitrogen and oxygen atoms in total. The van der Waals surface area contributed by atoms with E-state index in [0.29, 0.717) is 0 Å². The average molecular weight is 726 g/mol. The first-order valence-electron chi connectivity index (χ1n) is 19.6. The normalized spacial score (nSPS) is 11.9. The Kier molecular flexibility index (Phi) is 6.93. The number of fused-ring (bicyclic) bond motifs is 9. The smallest absolute Gasteiger partial charge is 0.0547 e. The molecule has 0 aliphatic rings. The lowest BCUT2D eigenvalue weighted by Gasteiger charge is -2.15. The molecule has 0 unspecified atom stereocenters. The number of hydrogen-bond donors (Lipinski definition) is 0. The first-order chi connectivity index (χ1) is 28.3. The third-order valence-electron chi connectivity index (χ3n) is 11.8. The van der Waals surface area contributed by atoms with Gasteiger partial charge in [0.2, 0.25) is 0 Å². The molecular formula is C54H35N3. The SMILES string of the molecule is c1ccc(-c2cc3c4ccccc4n(-c4ccccc4)c3cc2-c2cccc3c2c2ccccc2n3-c2ccc3c(c2)c2ccccc2n3-c2ccccc2)cc1. The van der Waals surface area contributed by atoms with Crippen LogP contribution in [-0.2, 0) is 0 Å². The van der Waals surface area contributed by atoms with Crippen molar-refractivity contribution in [1.82, 2.24) is 13.7 Å². The summed E-state index contributed by atoms with van der Waals surface area (Å²) < 4.78 is 7.27. The zero-order valence-electron chi connectivity index (χ0n) is 31.0. The predicted molar refractivity (Wildman–Crippen MR) is 240 cm³/mol. The van der Waals surface area contributed by atoms with Gasteiger partial charge in [0.05, 0.1) is 33.1 Å². The fourth-order valence-corrected chi connectivity index (χ4v) is 9.43. The maximum absolute atomic E-state index is 2.46. The van der Waals surface area contributed by atoms with Gasteiger partial charge in [0.15, 0.2) is 0 Å². The third-order valence-corrected chi connectivity index (χ3v) is 11.8. The van der Waals surface area contributed by atoms with Gasteiger partial charge in [0, 0.05) is 49.4 Å². The highest BCUT2D eigenvalue weighted by Gasteiger charge is 2.22. The molecule has 57 heavy (non-hydrogen) atoms. The molecule has 0 N–H and O–H groups in total. The second-order valence-electron chi connectivity index (χ2n) is 14.9. The quantitative estimate of drug-likeness (QED) is 0.168. The molecule has 0 aliphatic carbocycles. The molecule has 266 valence electrons. The topological polar surface area (TPSA) is 14.8 Å². The summed E-state index contributed by atoms with van der Waals surface area (Å²) in [5.74, 6) is 0. The highest BCUT2D eigenvalue weighted by molar-refractivity contribution is 6.19. The zero-order valence-corrected chi connectivity index (χ0v) is 31.0. The van der Waals surface area contributed by atoms with Crippen molar-refractivity contribution in [2.45, 2.75) is 0 Å². The van der Waals surface area contributed by atoms with Crippen molar-refractivity contribution in [1.29, 1.82) is 0 Å². The lowest BCUT2D eigenvalue weighted by molar-refractivity contribution is 1.17. The Labute approximate surface area is 329 Å². The van der Waals surface area contributed by atoms with E-state index in [2.05, 4.69) is 226 Å². The molecule has 3 heterocycles. The van der Waals surface area contributed by atoms with Gasteiger partial charge in [0.1, 0.15) is 0 Å². The molecule has 12 aromatic rings. The molecule has 0 amide bonds. The third kappa shape index (κ3) is 4.73. The predicted octanol–water partition coefficient (Wildman–Crippen LogP) is 14.3. The highest BCUT2D eigenvalue weighted by atomic mass is 15.0. The fourth-order valence-electron chi connectivity index (χ4n) is 9.43. The van der Waals surface area contributed by atoms with Gasteiger partial charge in [0.25, 0.3) is 0 Å². The summed E-state index contributed by atoms with van der Waals surface area (Å²) in [6, 6.07) is 77.5. The van der Waals surface area contributed by atoms with Crippen LogP contribution in [0.4, 0.5) is 0 Å². The van der Waals surface area contributed by atoms with Crippen LogP contribution >= 0.6 is 0 Å². The lowest BCUT2D eigenvalue weighted by Crippen LogP contribution is -1.96. The van der Waals surface area contributed by atoms with E-state index in [1.807, 2.05) is 0 Å². The van der Waals surface area contributed by atoms with Crippen molar-refractivity contribution in [2.75, 3.05) is 0 Å². The monoisotopic (exact) mass is 725 g/mol. The van der Waals surface area contributed by atoms with Crippen LogP contribution < -0.4 is 0 Å².